The zero-order valence-electron chi connectivity index (χ0n) is 10.9. The molecular formula is C13H11N3O3S. The summed E-state index contributed by atoms with van der Waals surface area (Å²) in [6.45, 7) is 0. The SMILES string of the molecule is Cn1c(=O)c2c(=O)n(-c3ccccc3)sc2n(C)c1=O. The van der Waals surface area contributed by atoms with Gasteiger partial charge in [0.15, 0.2) is 0 Å². The zero-order valence-corrected chi connectivity index (χ0v) is 11.7. The van der Waals surface area contributed by atoms with Gasteiger partial charge in [0, 0.05) is 14.1 Å². The van der Waals surface area contributed by atoms with E-state index in [4.69, 9.17) is 0 Å². The first-order valence-electron chi connectivity index (χ1n) is 5.90. The van der Waals surface area contributed by atoms with E-state index in [2.05, 4.69) is 0 Å². The lowest BCUT2D eigenvalue weighted by molar-refractivity contribution is 0.716. The summed E-state index contributed by atoms with van der Waals surface area (Å²) in [5.41, 5.74) is -0.719. The van der Waals surface area contributed by atoms with E-state index in [-0.39, 0.29) is 5.39 Å². The second kappa shape index (κ2) is 4.31. The quantitative estimate of drug-likeness (QED) is 0.653. The van der Waals surface area contributed by atoms with Crippen molar-refractivity contribution >= 4 is 21.7 Å². The smallest absolute Gasteiger partial charge is 0.286 e. The van der Waals surface area contributed by atoms with Crippen LogP contribution in [0.15, 0.2) is 44.7 Å². The maximum absolute atomic E-state index is 12.4. The predicted octanol–water partition coefficient (Wildman–Crippen LogP) is 0.450. The monoisotopic (exact) mass is 289 g/mol. The largest absolute Gasteiger partial charge is 0.331 e. The highest BCUT2D eigenvalue weighted by Crippen LogP contribution is 2.15. The van der Waals surface area contributed by atoms with Crippen LogP contribution in [-0.2, 0) is 14.1 Å². The van der Waals surface area contributed by atoms with Crippen molar-refractivity contribution in [1.29, 1.82) is 0 Å². The fourth-order valence-electron chi connectivity index (χ4n) is 2.08. The topological polar surface area (TPSA) is 66.0 Å². The molecule has 0 unspecified atom stereocenters. The van der Waals surface area contributed by atoms with Gasteiger partial charge in [-0.15, -0.1) is 0 Å². The summed E-state index contributed by atoms with van der Waals surface area (Å²) in [5.74, 6) is 0. The summed E-state index contributed by atoms with van der Waals surface area (Å²) >= 11 is 1.09. The molecule has 102 valence electrons. The Morgan fingerprint density at radius 3 is 2.20 bits per heavy atom. The minimum atomic E-state index is -0.556. The Labute approximate surface area is 116 Å². The second-order valence-corrected chi connectivity index (χ2v) is 5.35. The predicted molar refractivity (Wildman–Crippen MR) is 77.9 cm³/mol. The van der Waals surface area contributed by atoms with Crippen LogP contribution in [0.4, 0.5) is 0 Å². The second-order valence-electron chi connectivity index (χ2n) is 4.41. The normalized spacial score (nSPS) is 11.1. The van der Waals surface area contributed by atoms with Crippen LogP contribution in [-0.4, -0.2) is 13.1 Å². The van der Waals surface area contributed by atoms with E-state index in [0.29, 0.717) is 10.5 Å². The van der Waals surface area contributed by atoms with Crippen molar-refractivity contribution in [2.24, 2.45) is 14.1 Å². The van der Waals surface area contributed by atoms with Crippen LogP contribution in [0.1, 0.15) is 0 Å². The average molecular weight is 289 g/mol. The van der Waals surface area contributed by atoms with Gasteiger partial charge in [-0.1, -0.05) is 18.2 Å². The van der Waals surface area contributed by atoms with Crippen LogP contribution in [0.2, 0.25) is 0 Å². The molecule has 0 bridgehead atoms. The van der Waals surface area contributed by atoms with E-state index in [1.165, 1.54) is 15.6 Å². The summed E-state index contributed by atoms with van der Waals surface area (Å²) in [4.78, 5) is 36.8. The Hall–Kier alpha value is -2.41. The summed E-state index contributed by atoms with van der Waals surface area (Å²) in [5, 5.41) is 0.0449. The van der Waals surface area contributed by atoms with Gasteiger partial charge in [0.25, 0.3) is 11.1 Å². The van der Waals surface area contributed by atoms with E-state index in [1.807, 2.05) is 18.2 Å². The fraction of sp³-hybridized carbons (Fsp3) is 0.154. The molecule has 0 N–H and O–H groups in total. The van der Waals surface area contributed by atoms with Crippen molar-refractivity contribution in [3.63, 3.8) is 0 Å². The van der Waals surface area contributed by atoms with Crippen molar-refractivity contribution in [3.8, 4) is 5.69 Å². The third-order valence-corrected chi connectivity index (χ3v) is 4.39. The molecule has 2 aromatic heterocycles. The van der Waals surface area contributed by atoms with Crippen molar-refractivity contribution in [2.45, 2.75) is 0 Å². The molecule has 3 rings (SSSR count). The third kappa shape index (κ3) is 1.60. The summed E-state index contributed by atoms with van der Waals surface area (Å²) in [6.07, 6.45) is 0. The standard InChI is InChI=1S/C13H11N3O3S/c1-14-10(17)9-11(18)16(8-6-4-3-5-7-8)20-12(9)15(2)13(14)19/h3-7H,1-2H3. The van der Waals surface area contributed by atoms with Crippen LogP contribution in [0.3, 0.4) is 0 Å². The van der Waals surface area contributed by atoms with E-state index >= 15 is 0 Å². The zero-order chi connectivity index (χ0) is 14.4. The highest BCUT2D eigenvalue weighted by atomic mass is 32.1. The number of aryl methyl sites for hydroxylation is 1. The number of aromatic nitrogens is 3. The lowest BCUT2D eigenvalue weighted by Crippen LogP contribution is -2.38. The molecule has 0 saturated carbocycles. The van der Waals surface area contributed by atoms with Crippen LogP contribution >= 0.6 is 11.5 Å². The molecule has 0 spiro atoms. The molecule has 3 aromatic rings. The Morgan fingerprint density at radius 1 is 0.900 bits per heavy atom. The summed E-state index contributed by atoms with van der Waals surface area (Å²) in [7, 11) is 2.92. The number of fused-ring (bicyclic) bond motifs is 1. The van der Waals surface area contributed by atoms with Crippen molar-refractivity contribution in [1.82, 2.24) is 13.1 Å². The highest BCUT2D eigenvalue weighted by molar-refractivity contribution is 7.13. The first kappa shape index (κ1) is 12.6. The first-order chi connectivity index (χ1) is 9.52. The molecule has 0 amide bonds. The van der Waals surface area contributed by atoms with E-state index in [1.54, 1.807) is 19.2 Å². The van der Waals surface area contributed by atoms with Crippen LogP contribution in [0.5, 0.6) is 0 Å². The molecule has 0 aliphatic carbocycles. The Morgan fingerprint density at radius 2 is 1.55 bits per heavy atom. The van der Waals surface area contributed by atoms with Gasteiger partial charge in [-0.05, 0) is 23.7 Å². The molecule has 0 radical (unpaired) electrons. The van der Waals surface area contributed by atoms with Gasteiger partial charge in [-0.3, -0.25) is 18.7 Å². The molecule has 0 aliphatic heterocycles. The minimum absolute atomic E-state index is 0.0449. The van der Waals surface area contributed by atoms with Gasteiger partial charge in [-0.25, -0.2) is 8.75 Å². The third-order valence-electron chi connectivity index (χ3n) is 3.18. The van der Waals surface area contributed by atoms with Gasteiger partial charge >= 0.3 is 5.69 Å². The molecular weight excluding hydrogens is 278 g/mol. The molecule has 0 atom stereocenters. The van der Waals surface area contributed by atoms with Gasteiger partial charge < -0.3 is 0 Å². The maximum Gasteiger partial charge on any atom is 0.331 e. The molecule has 20 heavy (non-hydrogen) atoms. The number of hydrogen-bond acceptors (Lipinski definition) is 4. The van der Waals surface area contributed by atoms with Gasteiger partial charge in [-0.2, -0.15) is 0 Å². The average Bonchev–Trinajstić information content (AvgIpc) is 2.81. The maximum atomic E-state index is 12.4. The highest BCUT2D eigenvalue weighted by Gasteiger charge is 2.17. The van der Waals surface area contributed by atoms with Crippen LogP contribution < -0.4 is 16.8 Å². The van der Waals surface area contributed by atoms with Crippen molar-refractivity contribution in [3.05, 3.63) is 61.5 Å². The first-order valence-corrected chi connectivity index (χ1v) is 6.67. The van der Waals surface area contributed by atoms with Crippen LogP contribution in [0, 0.1) is 0 Å². The van der Waals surface area contributed by atoms with E-state index in [0.717, 1.165) is 16.1 Å². The minimum Gasteiger partial charge on any atom is -0.286 e. The molecule has 0 fully saturated rings. The van der Waals surface area contributed by atoms with Crippen LogP contribution in [0.25, 0.3) is 15.9 Å². The number of rotatable bonds is 1. The number of benzene rings is 1. The van der Waals surface area contributed by atoms with Gasteiger partial charge in [0.1, 0.15) is 10.2 Å². The molecule has 0 saturated heterocycles. The Bertz CT molecular complexity index is 976. The van der Waals surface area contributed by atoms with Crippen molar-refractivity contribution < 1.29 is 0 Å². The molecule has 6 nitrogen and oxygen atoms in total. The molecule has 1 aromatic carbocycles. The van der Waals surface area contributed by atoms with Crippen molar-refractivity contribution in [2.75, 3.05) is 0 Å². The molecule has 7 heteroatoms. The van der Waals surface area contributed by atoms with E-state index < -0.39 is 16.8 Å². The van der Waals surface area contributed by atoms with Gasteiger partial charge in [0.2, 0.25) is 0 Å². The molecule has 2 heterocycles. The molecule has 0 aliphatic rings. The Kier molecular flexibility index (Phi) is 2.72. The number of hydrogen-bond donors (Lipinski definition) is 0. The fourth-order valence-corrected chi connectivity index (χ4v) is 3.12. The number of para-hydroxylation sites is 1. The van der Waals surface area contributed by atoms with Gasteiger partial charge in [0.05, 0.1) is 5.69 Å². The van der Waals surface area contributed by atoms with E-state index in [9.17, 15) is 14.4 Å². The summed E-state index contributed by atoms with van der Waals surface area (Å²) < 4.78 is 3.69. The lowest BCUT2D eigenvalue weighted by atomic mass is 10.3. The summed E-state index contributed by atoms with van der Waals surface area (Å²) in [6, 6.07) is 9.02. The number of nitrogens with zero attached hydrogens (tertiary/aromatic N) is 3. The Balaban J connectivity index is 2.52. The lowest BCUT2D eigenvalue weighted by Gasteiger charge is -2.00.